The average molecular weight is 368 g/mol. The van der Waals surface area contributed by atoms with Crippen LogP contribution >= 0.6 is 11.8 Å². The molecule has 0 bridgehead atoms. The Balaban J connectivity index is 1.69. The zero-order valence-corrected chi connectivity index (χ0v) is 14.7. The third kappa shape index (κ3) is 4.28. The number of thioether (sulfide) groups is 1. The first-order valence-corrected chi connectivity index (χ1v) is 9.00. The molecule has 0 aliphatic rings. The highest BCUT2D eigenvalue weighted by atomic mass is 32.2. The first-order chi connectivity index (χ1) is 12.7. The van der Waals surface area contributed by atoms with Crippen molar-refractivity contribution in [2.75, 3.05) is 11.6 Å². The summed E-state index contributed by atoms with van der Waals surface area (Å²) >= 11 is 1.33. The molecule has 0 aliphatic carbocycles. The predicted octanol–water partition coefficient (Wildman–Crippen LogP) is 2.97. The van der Waals surface area contributed by atoms with Crippen molar-refractivity contribution < 1.29 is 14.0 Å². The summed E-state index contributed by atoms with van der Waals surface area (Å²) in [7, 11) is 0. The van der Waals surface area contributed by atoms with Crippen molar-refractivity contribution in [3.05, 3.63) is 71.6 Å². The van der Waals surface area contributed by atoms with Crippen molar-refractivity contribution in [3.8, 4) is 0 Å². The van der Waals surface area contributed by atoms with Crippen LogP contribution in [0.15, 0.2) is 64.2 Å². The van der Waals surface area contributed by atoms with Gasteiger partial charge in [-0.15, -0.1) is 10.2 Å². The van der Waals surface area contributed by atoms with Crippen molar-refractivity contribution in [1.82, 2.24) is 15.5 Å². The zero-order valence-electron chi connectivity index (χ0n) is 13.9. The van der Waals surface area contributed by atoms with E-state index in [1.165, 1.54) is 11.8 Å². The molecule has 0 atom stereocenters. The van der Waals surface area contributed by atoms with E-state index < -0.39 is 0 Å². The van der Waals surface area contributed by atoms with Gasteiger partial charge in [0.15, 0.2) is 0 Å². The smallest absolute Gasteiger partial charge is 0.276 e. The summed E-state index contributed by atoms with van der Waals surface area (Å²) < 4.78 is 5.33. The van der Waals surface area contributed by atoms with Crippen LogP contribution in [0.2, 0.25) is 0 Å². The van der Waals surface area contributed by atoms with Crippen LogP contribution in [-0.4, -0.2) is 28.3 Å². The molecule has 26 heavy (non-hydrogen) atoms. The second kappa shape index (κ2) is 8.30. The number of para-hydroxylation sites is 1. The summed E-state index contributed by atoms with van der Waals surface area (Å²) in [6, 6.07) is 15.6. The minimum Gasteiger partial charge on any atom is -0.414 e. The summed E-state index contributed by atoms with van der Waals surface area (Å²) in [6.07, 6.45) is 1.82. The van der Waals surface area contributed by atoms with Gasteiger partial charge in [0.1, 0.15) is 0 Å². The summed E-state index contributed by atoms with van der Waals surface area (Å²) in [6.45, 7) is 0.105. The molecule has 2 amide bonds. The lowest BCUT2D eigenvalue weighted by atomic mass is 10.1. The quantitative estimate of drug-likeness (QED) is 0.649. The van der Waals surface area contributed by atoms with Gasteiger partial charge in [-0.3, -0.25) is 9.59 Å². The van der Waals surface area contributed by atoms with E-state index in [9.17, 15) is 9.59 Å². The standard InChI is InChI=1S/C18H16N4O3S/c1-26-18-22-21-15(25-18)11-19-17(24)13-9-5-6-10-14(13)20-16(23)12-7-3-2-4-8-12/h2-10H,11H2,1H3,(H,19,24)(H,20,23). The largest absolute Gasteiger partial charge is 0.414 e. The molecule has 2 aromatic carbocycles. The van der Waals surface area contributed by atoms with Gasteiger partial charge in [-0.2, -0.15) is 0 Å². The van der Waals surface area contributed by atoms with Crippen molar-refractivity contribution >= 4 is 29.3 Å². The van der Waals surface area contributed by atoms with Crippen LogP contribution in [0.5, 0.6) is 0 Å². The van der Waals surface area contributed by atoms with Crippen LogP contribution in [-0.2, 0) is 6.54 Å². The number of nitrogens with zero attached hydrogens (tertiary/aromatic N) is 2. The number of carbonyl (C=O) groups is 2. The minimum atomic E-state index is -0.349. The maximum atomic E-state index is 12.5. The third-order valence-electron chi connectivity index (χ3n) is 3.48. The van der Waals surface area contributed by atoms with Gasteiger partial charge in [-0.25, -0.2) is 0 Å². The van der Waals surface area contributed by atoms with E-state index >= 15 is 0 Å². The van der Waals surface area contributed by atoms with Crippen LogP contribution in [0.4, 0.5) is 5.69 Å². The predicted molar refractivity (Wildman–Crippen MR) is 98.1 cm³/mol. The molecule has 132 valence electrons. The number of anilines is 1. The molecule has 0 fully saturated rings. The van der Waals surface area contributed by atoms with Crippen LogP contribution in [0, 0.1) is 0 Å². The molecule has 0 spiro atoms. The molecular weight excluding hydrogens is 352 g/mol. The fourth-order valence-corrected chi connectivity index (χ4v) is 2.52. The molecule has 7 nitrogen and oxygen atoms in total. The van der Waals surface area contributed by atoms with Crippen LogP contribution in [0.25, 0.3) is 0 Å². The molecule has 0 radical (unpaired) electrons. The molecule has 0 aliphatic heterocycles. The summed E-state index contributed by atoms with van der Waals surface area (Å²) in [4.78, 5) is 24.8. The lowest BCUT2D eigenvalue weighted by Gasteiger charge is -2.11. The highest BCUT2D eigenvalue weighted by Crippen LogP contribution is 2.17. The normalized spacial score (nSPS) is 10.3. The fourth-order valence-electron chi connectivity index (χ4n) is 2.22. The van der Waals surface area contributed by atoms with E-state index in [0.29, 0.717) is 27.9 Å². The Bertz CT molecular complexity index is 912. The number of carbonyl (C=O) groups excluding carboxylic acids is 2. The van der Waals surface area contributed by atoms with E-state index in [1.807, 2.05) is 12.3 Å². The Labute approximate surface area is 154 Å². The van der Waals surface area contributed by atoms with Gasteiger partial charge in [0.25, 0.3) is 17.0 Å². The zero-order chi connectivity index (χ0) is 18.4. The third-order valence-corrected chi connectivity index (χ3v) is 3.99. The first-order valence-electron chi connectivity index (χ1n) is 7.77. The molecule has 1 aromatic heterocycles. The SMILES string of the molecule is CSc1nnc(CNC(=O)c2ccccc2NC(=O)c2ccccc2)o1. The van der Waals surface area contributed by atoms with Gasteiger partial charge in [0.2, 0.25) is 5.89 Å². The van der Waals surface area contributed by atoms with Gasteiger partial charge in [-0.1, -0.05) is 42.1 Å². The van der Waals surface area contributed by atoms with Crippen LogP contribution < -0.4 is 10.6 Å². The second-order valence-electron chi connectivity index (χ2n) is 5.21. The van der Waals surface area contributed by atoms with E-state index in [4.69, 9.17) is 4.42 Å². The van der Waals surface area contributed by atoms with Crippen molar-refractivity contribution in [2.45, 2.75) is 11.8 Å². The fraction of sp³-hybridized carbons (Fsp3) is 0.111. The number of amides is 2. The van der Waals surface area contributed by atoms with Crippen LogP contribution in [0.1, 0.15) is 26.6 Å². The highest BCUT2D eigenvalue weighted by Gasteiger charge is 2.15. The number of benzene rings is 2. The monoisotopic (exact) mass is 368 g/mol. The van der Waals surface area contributed by atoms with Crippen molar-refractivity contribution in [1.29, 1.82) is 0 Å². The molecule has 2 N–H and O–H groups in total. The van der Waals surface area contributed by atoms with E-state index in [0.717, 1.165) is 0 Å². The Kier molecular flexibility index (Phi) is 5.65. The molecule has 1 heterocycles. The van der Waals surface area contributed by atoms with Gasteiger partial charge < -0.3 is 15.1 Å². The Morgan fingerprint density at radius 2 is 1.73 bits per heavy atom. The van der Waals surface area contributed by atoms with E-state index in [2.05, 4.69) is 20.8 Å². The van der Waals surface area contributed by atoms with Gasteiger partial charge in [-0.05, 0) is 30.5 Å². The molecule has 3 rings (SSSR count). The molecule has 0 saturated carbocycles. The van der Waals surface area contributed by atoms with E-state index in [1.54, 1.807) is 48.5 Å². The van der Waals surface area contributed by atoms with Crippen molar-refractivity contribution in [2.24, 2.45) is 0 Å². The van der Waals surface area contributed by atoms with Gasteiger partial charge >= 0.3 is 0 Å². The number of hydrogen-bond donors (Lipinski definition) is 2. The number of nitrogens with one attached hydrogen (secondary N) is 2. The summed E-state index contributed by atoms with van der Waals surface area (Å²) in [5.74, 6) is -0.321. The van der Waals surface area contributed by atoms with E-state index in [-0.39, 0.29) is 18.4 Å². The highest BCUT2D eigenvalue weighted by molar-refractivity contribution is 7.98. The van der Waals surface area contributed by atoms with Crippen molar-refractivity contribution in [3.63, 3.8) is 0 Å². The van der Waals surface area contributed by atoms with Crippen LogP contribution in [0.3, 0.4) is 0 Å². The molecular formula is C18H16N4O3S. The molecule has 8 heteroatoms. The number of hydrogen-bond acceptors (Lipinski definition) is 6. The second-order valence-corrected chi connectivity index (χ2v) is 5.97. The summed E-state index contributed by atoms with van der Waals surface area (Å²) in [5, 5.41) is 13.6. The Morgan fingerprint density at radius 3 is 2.46 bits per heavy atom. The Hall–Kier alpha value is -3.13. The van der Waals surface area contributed by atoms with Gasteiger partial charge in [0.05, 0.1) is 17.8 Å². The van der Waals surface area contributed by atoms with Gasteiger partial charge in [0, 0.05) is 5.56 Å². The lowest BCUT2D eigenvalue weighted by molar-refractivity contribution is 0.0947. The molecule has 0 unspecified atom stereocenters. The number of aromatic nitrogens is 2. The molecule has 3 aromatic rings. The minimum absolute atomic E-state index is 0.105. The molecule has 0 saturated heterocycles. The average Bonchev–Trinajstić information content (AvgIpc) is 3.15. The maximum absolute atomic E-state index is 12.5. The number of rotatable bonds is 6. The lowest BCUT2D eigenvalue weighted by Crippen LogP contribution is -2.25. The first kappa shape index (κ1) is 17.7. The Morgan fingerprint density at radius 1 is 1.00 bits per heavy atom. The maximum Gasteiger partial charge on any atom is 0.276 e. The topological polar surface area (TPSA) is 97.1 Å². The summed E-state index contributed by atoms with van der Waals surface area (Å²) in [5.41, 5.74) is 1.29.